The summed E-state index contributed by atoms with van der Waals surface area (Å²) < 4.78 is 0.591. The fourth-order valence-electron chi connectivity index (χ4n) is 2.05. The van der Waals surface area contributed by atoms with Crippen LogP contribution in [0.2, 0.25) is 0 Å². The van der Waals surface area contributed by atoms with Crippen molar-refractivity contribution in [3.63, 3.8) is 0 Å². The standard InChI is InChI=1S/C15H10BrN3O2/c16-13-7-11(19(20)21)5-6-15(13)18-9-10-8-17-14-4-2-1-3-12(10)14/h1-9,17H. The normalized spacial score (nSPS) is 11.3. The zero-order valence-corrected chi connectivity index (χ0v) is 12.4. The van der Waals surface area contributed by atoms with Gasteiger partial charge in [-0.05, 0) is 28.1 Å². The molecule has 0 amide bonds. The number of rotatable bonds is 3. The third-order valence-electron chi connectivity index (χ3n) is 3.11. The van der Waals surface area contributed by atoms with Crippen LogP contribution >= 0.6 is 15.9 Å². The fourth-order valence-corrected chi connectivity index (χ4v) is 2.52. The van der Waals surface area contributed by atoms with Crippen LogP contribution in [0.3, 0.4) is 0 Å². The lowest BCUT2D eigenvalue weighted by Crippen LogP contribution is -1.87. The SMILES string of the molecule is O=[N+]([O-])c1ccc(N=Cc2c[nH]c3ccccc23)c(Br)c1. The maximum Gasteiger partial charge on any atom is 0.270 e. The van der Waals surface area contributed by atoms with Crippen LogP contribution in [-0.4, -0.2) is 16.1 Å². The van der Waals surface area contributed by atoms with Gasteiger partial charge in [0.1, 0.15) is 0 Å². The third-order valence-corrected chi connectivity index (χ3v) is 3.74. The predicted molar refractivity (Wildman–Crippen MR) is 86.3 cm³/mol. The zero-order chi connectivity index (χ0) is 14.8. The molecule has 0 radical (unpaired) electrons. The minimum absolute atomic E-state index is 0.0351. The van der Waals surface area contributed by atoms with Gasteiger partial charge in [0.15, 0.2) is 0 Å². The van der Waals surface area contributed by atoms with Crippen molar-refractivity contribution in [1.29, 1.82) is 0 Å². The van der Waals surface area contributed by atoms with Crippen molar-refractivity contribution in [2.45, 2.75) is 0 Å². The second-order valence-corrected chi connectivity index (χ2v) is 5.29. The van der Waals surface area contributed by atoms with Crippen LogP contribution in [0, 0.1) is 10.1 Å². The number of non-ortho nitro benzene ring substituents is 1. The van der Waals surface area contributed by atoms with Crippen molar-refractivity contribution >= 4 is 44.4 Å². The van der Waals surface area contributed by atoms with E-state index >= 15 is 0 Å². The van der Waals surface area contributed by atoms with Crippen LogP contribution in [0.15, 0.2) is 58.1 Å². The average Bonchev–Trinajstić information content (AvgIpc) is 2.89. The van der Waals surface area contributed by atoms with Gasteiger partial charge in [-0.25, -0.2) is 0 Å². The van der Waals surface area contributed by atoms with E-state index in [1.165, 1.54) is 12.1 Å². The first-order valence-electron chi connectivity index (χ1n) is 6.19. The number of benzene rings is 2. The number of fused-ring (bicyclic) bond motifs is 1. The molecule has 2 aromatic carbocycles. The van der Waals surface area contributed by atoms with Gasteiger partial charge in [-0.1, -0.05) is 18.2 Å². The van der Waals surface area contributed by atoms with E-state index < -0.39 is 4.92 Å². The highest BCUT2D eigenvalue weighted by atomic mass is 79.9. The molecule has 0 aliphatic carbocycles. The Morgan fingerprint density at radius 3 is 2.81 bits per heavy atom. The third kappa shape index (κ3) is 2.71. The highest BCUT2D eigenvalue weighted by molar-refractivity contribution is 9.10. The first-order valence-corrected chi connectivity index (χ1v) is 6.98. The van der Waals surface area contributed by atoms with E-state index in [0.29, 0.717) is 10.2 Å². The van der Waals surface area contributed by atoms with Crippen molar-refractivity contribution in [1.82, 2.24) is 4.98 Å². The number of nitro benzene ring substituents is 1. The second kappa shape index (κ2) is 5.49. The number of halogens is 1. The molecule has 6 heteroatoms. The fraction of sp³-hybridized carbons (Fsp3) is 0. The summed E-state index contributed by atoms with van der Waals surface area (Å²) >= 11 is 3.30. The van der Waals surface area contributed by atoms with E-state index in [1.807, 2.05) is 30.5 Å². The molecule has 0 atom stereocenters. The lowest BCUT2D eigenvalue weighted by Gasteiger charge is -1.98. The molecule has 0 aliphatic rings. The molecule has 1 N–H and O–H groups in total. The van der Waals surface area contributed by atoms with E-state index in [4.69, 9.17) is 0 Å². The molecule has 0 bridgehead atoms. The first kappa shape index (κ1) is 13.5. The smallest absolute Gasteiger partial charge is 0.270 e. The van der Waals surface area contributed by atoms with Gasteiger partial charge in [0, 0.05) is 45.5 Å². The van der Waals surface area contributed by atoms with Gasteiger partial charge < -0.3 is 4.98 Å². The van der Waals surface area contributed by atoms with E-state index in [-0.39, 0.29) is 5.69 Å². The molecular formula is C15H10BrN3O2. The molecule has 0 unspecified atom stereocenters. The summed E-state index contributed by atoms with van der Waals surface area (Å²) in [7, 11) is 0. The van der Waals surface area contributed by atoms with Crippen molar-refractivity contribution in [2.24, 2.45) is 4.99 Å². The first-order chi connectivity index (χ1) is 10.1. The van der Waals surface area contributed by atoms with Gasteiger partial charge in [0.25, 0.3) is 5.69 Å². The highest BCUT2D eigenvalue weighted by Gasteiger charge is 2.08. The Balaban J connectivity index is 1.94. The minimum atomic E-state index is -0.433. The molecule has 5 nitrogen and oxygen atoms in total. The zero-order valence-electron chi connectivity index (χ0n) is 10.8. The lowest BCUT2D eigenvalue weighted by molar-refractivity contribution is -0.384. The predicted octanol–water partition coefficient (Wildman–Crippen LogP) is 4.59. The number of aromatic nitrogens is 1. The quantitative estimate of drug-likeness (QED) is 0.429. The van der Waals surface area contributed by atoms with Crippen LogP contribution < -0.4 is 0 Å². The van der Waals surface area contributed by atoms with Gasteiger partial charge in [0.2, 0.25) is 0 Å². The topological polar surface area (TPSA) is 71.3 Å². The molecule has 0 fully saturated rings. The molecule has 3 rings (SSSR count). The Morgan fingerprint density at radius 1 is 1.24 bits per heavy atom. The van der Waals surface area contributed by atoms with Crippen LogP contribution in [0.5, 0.6) is 0 Å². The Bertz CT molecular complexity index is 855. The number of hydrogen-bond acceptors (Lipinski definition) is 3. The second-order valence-electron chi connectivity index (χ2n) is 4.44. The number of nitrogens with one attached hydrogen (secondary N) is 1. The molecule has 0 saturated heterocycles. The molecule has 0 spiro atoms. The van der Waals surface area contributed by atoms with Gasteiger partial charge >= 0.3 is 0 Å². The van der Waals surface area contributed by atoms with Gasteiger partial charge in [0.05, 0.1) is 10.6 Å². The molecule has 3 aromatic rings. The summed E-state index contributed by atoms with van der Waals surface area (Å²) in [6.45, 7) is 0. The Morgan fingerprint density at radius 2 is 2.05 bits per heavy atom. The molecule has 1 aromatic heterocycles. The molecular weight excluding hydrogens is 334 g/mol. The molecule has 21 heavy (non-hydrogen) atoms. The maximum atomic E-state index is 10.7. The number of aliphatic imine (C=N–C) groups is 1. The molecule has 0 saturated carbocycles. The summed E-state index contributed by atoms with van der Waals surface area (Å²) in [5, 5.41) is 11.8. The largest absolute Gasteiger partial charge is 0.361 e. The van der Waals surface area contributed by atoms with Crippen molar-refractivity contribution in [3.05, 3.63) is 68.8 Å². The monoisotopic (exact) mass is 343 g/mol. The van der Waals surface area contributed by atoms with Crippen LogP contribution in [-0.2, 0) is 0 Å². The average molecular weight is 344 g/mol. The Kier molecular flexibility index (Phi) is 3.53. The Labute approximate surface area is 128 Å². The minimum Gasteiger partial charge on any atom is -0.361 e. The van der Waals surface area contributed by atoms with Crippen molar-refractivity contribution in [2.75, 3.05) is 0 Å². The van der Waals surface area contributed by atoms with Gasteiger partial charge in [-0.15, -0.1) is 0 Å². The summed E-state index contributed by atoms with van der Waals surface area (Å²) in [6.07, 6.45) is 3.62. The van der Waals surface area contributed by atoms with Gasteiger partial charge in [-0.2, -0.15) is 0 Å². The summed E-state index contributed by atoms with van der Waals surface area (Å²) in [5.74, 6) is 0. The van der Waals surface area contributed by atoms with Crippen molar-refractivity contribution < 1.29 is 4.92 Å². The van der Waals surface area contributed by atoms with E-state index in [0.717, 1.165) is 16.5 Å². The molecule has 1 heterocycles. The van der Waals surface area contributed by atoms with E-state index in [1.54, 1.807) is 12.3 Å². The Hall–Kier alpha value is -2.47. The van der Waals surface area contributed by atoms with Crippen LogP contribution in [0.1, 0.15) is 5.56 Å². The van der Waals surface area contributed by atoms with E-state index in [2.05, 4.69) is 25.9 Å². The number of hydrogen-bond donors (Lipinski definition) is 1. The number of nitrogens with zero attached hydrogens (tertiary/aromatic N) is 2. The van der Waals surface area contributed by atoms with E-state index in [9.17, 15) is 10.1 Å². The summed E-state index contributed by atoms with van der Waals surface area (Å²) in [4.78, 5) is 17.8. The lowest BCUT2D eigenvalue weighted by atomic mass is 10.2. The summed E-state index contributed by atoms with van der Waals surface area (Å²) in [6, 6.07) is 12.4. The number of aromatic amines is 1. The van der Waals surface area contributed by atoms with Gasteiger partial charge in [-0.3, -0.25) is 15.1 Å². The van der Waals surface area contributed by atoms with Crippen molar-refractivity contribution in [3.8, 4) is 0 Å². The van der Waals surface area contributed by atoms with Crippen LogP contribution in [0.4, 0.5) is 11.4 Å². The number of para-hydroxylation sites is 1. The number of nitro groups is 1. The molecule has 104 valence electrons. The molecule has 0 aliphatic heterocycles. The summed E-state index contributed by atoms with van der Waals surface area (Å²) in [5.41, 5.74) is 2.69. The van der Waals surface area contributed by atoms with Crippen LogP contribution in [0.25, 0.3) is 10.9 Å². The maximum absolute atomic E-state index is 10.7. The number of H-pyrrole nitrogens is 1. The highest BCUT2D eigenvalue weighted by Crippen LogP contribution is 2.29.